The van der Waals surface area contributed by atoms with E-state index in [2.05, 4.69) is 10.00 Å². The monoisotopic (exact) mass is 390 g/mol. The summed E-state index contributed by atoms with van der Waals surface area (Å²) in [5, 5.41) is 7.16. The summed E-state index contributed by atoms with van der Waals surface area (Å²) in [6.45, 7) is 1.57. The highest BCUT2D eigenvalue weighted by atomic mass is 32.1. The van der Waals surface area contributed by atoms with E-state index >= 15 is 0 Å². The van der Waals surface area contributed by atoms with Gasteiger partial charge in [-0.05, 0) is 23.6 Å². The molecule has 4 heterocycles. The molecule has 7 nitrogen and oxygen atoms in total. The third-order valence-corrected chi connectivity index (χ3v) is 5.71. The van der Waals surface area contributed by atoms with Crippen LogP contribution in [-0.2, 0) is 11.8 Å². The van der Waals surface area contributed by atoms with Crippen LogP contribution in [0.15, 0.2) is 54.2 Å². The van der Waals surface area contributed by atoms with Gasteiger partial charge in [-0.15, -0.1) is 11.3 Å². The number of rotatable bonds is 3. The molecular weight excluding hydrogens is 372 g/mol. The molecular formula is C20H18N6OS. The zero-order valence-corrected chi connectivity index (χ0v) is 16.1. The minimum absolute atomic E-state index is 0.0413. The van der Waals surface area contributed by atoms with Gasteiger partial charge >= 0.3 is 0 Å². The van der Waals surface area contributed by atoms with Crippen LogP contribution in [0.2, 0.25) is 0 Å². The number of carbonyl (C=O) groups is 1. The summed E-state index contributed by atoms with van der Waals surface area (Å²) in [5.74, 6) is 1.55. The molecule has 28 heavy (non-hydrogen) atoms. The van der Waals surface area contributed by atoms with Crippen LogP contribution in [0.25, 0.3) is 21.6 Å². The first kappa shape index (κ1) is 16.9. The van der Waals surface area contributed by atoms with Gasteiger partial charge in [0.05, 0.1) is 28.8 Å². The number of hydrogen-bond donors (Lipinski definition) is 0. The van der Waals surface area contributed by atoms with Gasteiger partial charge in [0, 0.05) is 31.7 Å². The summed E-state index contributed by atoms with van der Waals surface area (Å²) >= 11 is 1.61. The van der Waals surface area contributed by atoms with E-state index in [1.165, 1.54) is 0 Å². The molecule has 0 spiro atoms. The summed E-state index contributed by atoms with van der Waals surface area (Å²) in [4.78, 5) is 27.3. The van der Waals surface area contributed by atoms with Crippen LogP contribution in [0.3, 0.4) is 0 Å². The maximum absolute atomic E-state index is 12.8. The number of nitrogens with zero attached hydrogens (tertiary/aromatic N) is 6. The van der Waals surface area contributed by atoms with Crippen molar-refractivity contribution in [3.63, 3.8) is 0 Å². The highest BCUT2D eigenvalue weighted by Crippen LogP contribution is 2.30. The van der Waals surface area contributed by atoms with Gasteiger partial charge in [-0.1, -0.05) is 18.2 Å². The molecule has 0 saturated carbocycles. The lowest BCUT2D eigenvalue weighted by atomic mass is 10.2. The van der Waals surface area contributed by atoms with E-state index in [1.807, 2.05) is 55.0 Å². The zero-order valence-electron chi connectivity index (χ0n) is 15.3. The second kappa shape index (κ2) is 6.72. The van der Waals surface area contributed by atoms with E-state index < -0.39 is 0 Å². The van der Waals surface area contributed by atoms with Gasteiger partial charge in [-0.25, -0.2) is 9.97 Å². The molecule has 0 aliphatic carbocycles. The van der Waals surface area contributed by atoms with Crippen LogP contribution < -0.4 is 9.80 Å². The van der Waals surface area contributed by atoms with E-state index in [0.29, 0.717) is 18.9 Å². The summed E-state index contributed by atoms with van der Waals surface area (Å²) in [6, 6.07) is 12.0. The van der Waals surface area contributed by atoms with Crippen LogP contribution in [0, 0.1) is 0 Å². The number of thiophene rings is 1. The zero-order chi connectivity index (χ0) is 19.1. The predicted octanol–water partition coefficient (Wildman–Crippen LogP) is 2.95. The number of anilines is 2. The van der Waals surface area contributed by atoms with Gasteiger partial charge in [0.1, 0.15) is 5.82 Å². The van der Waals surface area contributed by atoms with Gasteiger partial charge in [-0.2, -0.15) is 5.10 Å². The highest BCUT2D eigenvalue weighted by Gasteiger charge is 2.28. The Bertz CT molecular complexity index is 1150. The first-order chi connectivity index (χ1) is 13.7. The van der Waals surface area contributed by atoms with Crippen LogP contribution in [-0.4, -0.2) is 45.3 Å². The summed E-state index contributed by atoms with van der Waals surface area (Å²) in [7, 11) is 1.85. The smallest absolute Gasteiger partial charge is 0.246 e. The van der Waals surface area contributed by atoms with Crippen molar-refractivity contribution < 1.29 is 4.79 Å². The fraction of sp³-hybridized carbons (Fsp3) is 0.200. The van der Waals surface area contributed by atoms with Crippen molar-refractivity contribution >= 4 is 39.7 Å². The van der Waals surface area contributed by atoms with Gasteiger partial charge in [0.15, 0.2) is 5.82 Å². The van der Waals surface area contributed by atoms with E-state index in [4.69, 9.17) is 9.97 Å². The van der Waals surface area contributed by atoms with Gasteiger partial charge in [-0.3, -0.25) is 9.48 Å². The lowest BCUT2D eigenvalue weighted by Crippen LogP contribution is -2.51. The predicted molar refractivity (Wildman–Crippen MR) is 111 cm³/mol. The van der Waals surface area contributed by atoms with Gasteiger partial charge in [0.2, 0.25) is 5.91 Å². The first-order valence-corrected chi connectivity index (χ1v) is 9.91. The van der Waals surface area contributed by atoms with Crippen molar-refractivity contribution in [1.82, 2.24) is 19.7 Å². The Labute approximate surface area is 165 Å². The summed E-state index contributed by atoms with van der Waals surface area (Å²) in [5.41, 5.74) is 1.72. The third kappa shape index (κ3) is 2.91. The van der Waals surface area contributed by atoms with Gasteiger partial charge in [0.25, 0.3) is 0 Å². The Hall–Kier alpha value is -3.26. The molecule has 0 bridgehead atoms. The normalized spacial score (nSPS) is 14.8. The lowest BCUT2D eigenvalue weighted by molar-refractivity contribution is -0.117. The number of para-hydroxylation sites is 1. The number of benzene rings is 1. The molecule has 0 radical (unpaired) electrons. The largest absolute Gasteiger partial charge is 0.345 e. The summed E-state index contributed by atoms with van der Waals surface area (Å²) in [6.07, 6.45) is 3.59. The molecule has 1 aliphatic rings. The number of aryl methyl sites for hydroxylation is 1. The van der Waals surface area contributed by atoms with Crippen molar-refractivity contribution in [2.75, 3.05) is 29.4 Å². The number of carbonyl (C=O) groups excluding carboxylic acids is 1. The van der Waals surface area contributed by atoms with Crippen molar-refractivity contribution in [2.24, 2.45) is 7.05 Å². The second-order valence-corrected chi connectivity index (χ2v) is 7.65. The van der Waals surface area contributed by atoms with Crippen LogP contribution in [0.1, 0.15) is 0 Å². The molecule has 1 saturated heterocycles. The molecule has 5 rings (SSSR count). The van der Waals surface area contributed by atoms with Crippen molar-refractivity contribution in [1.29, 1.82) is 0 Å². The average molecular weight is 390 g/mol. The summed E-state index contributed by atoms with van der Waals surface area (Å²) < 4.78 is 1.71. The van der Waals surface area contributed by atoms with E-state index in [0.717, 1.165) is 27.3 Å². The minimum Gasteiger partial charge on any atom is -0.345 e. The Balaban J connectivity index is 1.52. The maximum atomic E-state index is 12.8. The molecule has 1 aromatic carbocycles. The standard InChI is InChI=1S/C20H18N6OS/c1-24-12-14(11-21-24)26-9-8-25(13-18(26)27)20-15-5-2-3-6-16(15)22-19(23-20)17-7-4-10-28-17/h2-7,10-12H,8-9,13H2,1H3. The molecule has 1 aliphatic heterocycles. The molecule has 4 aromatic rings. The Morgan fingerprint density at radius 2 is 1.96 bits per heavy atom. The van der Waals surface area contributed by atoms with Crippen LogP contribution >= 0.6 is 11.3 Å². The third-order valence-electron chi connectivity index (χ3n) is 4.85. The first-order valence-electron chi connectivity index (χ1n) is 9.04. The fourth-order valence-corrected chi connectivity index (χ4v) is 4.15. The molecule has 0 atom stereocenters. The highest BCUT2D eigenvalue weighted by molar-refractivity contribution is 7.13. The number of fused-ring (bicyclic) bond motifs is 1. The second-order valence-electron chi connectivity index (χ2n) is 6.70. The van der Waals surface area contributed by atoms with Gasteiger partial charge < -0.3 is 9.80 Å². The molecule has 140 valence electrons. The molecule has 0 N–H and O–H groups in total. The molecule has 1 amide bonds. The lowest BCUT2D eigenvalue weighted by Gasteiger charge is -2.34. The number of amides is 1. The maximum Gasteiger partial charge on any atom is 0.246 e. The Morgan fingerprint density at radius 1 is 1.07 bits per heavy atom. The molecule has 8 heteroatoms. The SMILES string of the molecule is Cn1cc(N2CCN(c3nc(-c4cccs4)nc4ccccc34)CC2=O)cn1. The van der Waals surface area contributed by atoms with E-state index in [1.54, 1.807) is 27.1 Å². The van der Waals surface area contributed by atoms with Crippen LogP contribution in [0.5, 0.6) is 0 Å². The topological polar surface area (TPSA) is 67.2 Å². The van der Waals surface area contributed by atoms with E-state index in [-0.39, 0.29) is 12.5 Å². The van der Waals surface area contributed by atoms with E-state index in [9.17, 15) is 4.79 Å². The molecule has 1 fully saturated rings. The fourth-order valence-electron chi connectivity index (χ4n) is 3.49. The van der Waals surface area contributed by atoms with Crippen molar-refractivity contribution in [2.45, 2.75) is 0 Å². The Kier molecular flexibility index (Phi) is 4.05. The minimum atomic E-state index is 0.0413. The quantitative estimate of drug-likeness (QED) is 0.538. The van der Waals surface area contributed by atoms with Crippen molar-refractivity contribution in [3.8, 4) is 10.7 Å². The Morgan fingerprint density at radius 3 is 2.71 bits per heavy atom. The number of piperazine rings is 1. The molecule has 3 aromatic heterocycles. The molecule has 0 unspecified atom stereocenters. The van der Waals surface area contributed by atoms with Crippen LogP contribution in [0.4, 0.5) is 11.5 Å². The number of aromatic nitrogens is 4. The van der Waals surface area contributed by atoms with Crippen molar-refractivity contribution in [3.05, 3.63) is 54.2 Å². The average Bonchev–Trinajstić information content (AvgIpc) is 3.39. The number of hydrogen-bond acceptors (Lipinski definition) is 6.